The van der Waals surface area contributed by atoms with Crippen molar-refractivity contribution in [3.8, 4) is 11.4 Å². The summed E-state index contributed by atoms with van der Waals surface area (Å²) in [6.07, 6.45) is 0.645. The van der Waals surface area contributed by atoms with Gasteiger partial charge in [-0.3, -0.25) is 0 Å². The zero-order chi connectivity index (χ0) is 13.1. The van der Waals surface area contributed by atoms with Crippen LogP contribution in [0.3, 0.4) is 0 Å². The molecule has 0 spiro atoms. The molecule has 1 aromatic heterocycles. The van der Waals surface area contributed by atoms with Gasteiger partial charge in [0.15, 0.2) is 0 Å². The fourth-order valence-electron chi connectivity index (χ4n) is 1.47. The third-order valence-corrected chi connectivity index (χ3v) is 3.18. The van der Waals surface area contributed by atoms with Crippen molar-refractivity contribution in [2.75, 3.05) is 6.54 Å². The van der Waals surface area contributed by atoms with E-state index in [4.69, 9.17) is 10.3 Å². The first-order chi connectivity index (χ1) is 8.60. The van der Waals surface area contributed by atoms with Crippen molar-refractivity contribution in [2.24, 2.45) is 11.7 Å². The normalized spacial score (nSPS) is 12.7. The molecule has 0 aliphatic rings. The Bertz CT molecular complexity index is 544. The topological polar surface area (TPSA) is 64.9 Å². The fourth-order valence-corrected chi connectivity index (χ4v) is 1.85. The molecule has 0 aliphatic heterocycles. The van der Waals surface area contributed by atoms with E-state index < -0.39 is 0 Å². The van der Waals surface area contributed by atoms with Crippen LogP contribution in [-0.2, 0) is 6.42 Å². The van der Waals surface area contributed by atoms with Crippen LogP contribution in [0.25, 0.3) is 11.4 Å². The summed E-state index contributed by atoms with van der Waals surface area (Å²) in [4.78, 5) is 4.26. The van der Waals surface area contributed by atoms with Crippen molar-refractivity contribution in [3.63, 3.8) is 0 Å². The molecule has 1 atom stereocenters. The van der Waals surface area contributed by atoms with Crippen LogP contribution in [0.15, 0.2) is 27.2 Å². The lowest BCUT2D eigenvalue weighted by Gasteiger charge is -2.02. The Balaban J connectivity index is 2.21. The predicted octanol–water partition coefficient (Wildman–Crippen LogP) is 2.78. The summed E-state index contributed by atoms with van der Waals surface area (Å²) in [7, 11) is 0. The molecule has 2 aromatic rings. The van der Waals surface area contributed by atoms with Crippen LogP contribution in [-0.4, -0.2) is 16.7 Å². The Hall–Kier alpha value is -1.27. The first kappa shape index (κ1) is 13.2. The van der Waals surface area contributed by atoms with Gasteiger partial charge < -0.3 is 10.3 Å². The minimum atomic E-state index is -0.320. The van der Waals surface area contributed by atoms with E-state index in [-0.39, 0.29) is 5.82 Å². The molecule has 18 heavy (non-hydrogen) atoms. The standard InChI is InChI=1S/C12H13BrFN3O/c1-7(6-15)4-11-16-12(17-18-11)8-2-3-10(14)9(13)5-8/h2-3,5,7H,4,6,15H2,1H3. The van der Waals surface area contributed by atoms with Crippen LogP contribution >= 0.6 is 15.9 Å². The maximum absolute atomic E-state index is 13.1. The third kappa shape index (κ3) is 2.94. The number of hydrogen-bond donors (Lipinski definition) is 1. The molecule has 1 heterocycles. The Morgan fingerprint density at radius 2 is 2.28 bits per heavy atom. The zero-order valence-electron chi connectivity index (χ0n) is 9.86. The molecule has 2 N–H and O–H groups in total. The molecule has 0 amide bonds. The summed E-state index contributed by atoms with van der Waals surface area (Å²) < 4.78 is 18.6. The maximum Gasteiger partial charge on any atom is 0.227 e. The van der Waals surface area contributed by atoms with Crippen LogP contribution in [0.1, 0.15) is 12.8 Å². The molecule has 2 rings (SSSR count). The lowest BCUT2D eigenvalue weighted by Crippen LogP contribution is -2.13. The highest BCUT2D eigenvalue weighted by molar-refractivity contribution is 9.10. The van der Waals surface area contributed by atoms with Gasteiger partial charge in [0.25, 0.3) is 0 Å². The Labute approximate surface area is 113 Å². The lowest BCUT2D eigenvalue weighted by molar-refractivity contribution is 0.360. The van der Waals surface area contributed by atoms with Crippen LogP contribution in [0.5, 0.6) is 0 Å². The van der Waals surface area contributed by atoms with Crippen LogP contribution in [0, 0.1) is 11.7 Å². The second-order valence-electron chi connectivity index (χ2n) is 4.19. The fraction of sp³-hybridized carbons (Fsp3) is 0.333. The quantitative estimate of drug-likeness (QED) is 0.942. The smallest absolute Gasteiger partial charge is 0.227 e. The molecule has 0 saturated carbocycles. The molecular weight excluding hydrogens is 301 g/mol. The largest absolute Gasteiger partial charge is 0.339 e. The molecule has 0 radical (unpaired) electrons. The molecule has 0 aliphatic carbocycles. The van der Waals surface area contributed by atoms with E-state index in [1.54, 1.807) is 12.1 Å². The summed E-state index contributed by atoms with van der Waals surface area (Å²) in [5.74, 6) is 0.968. The zero-order valence-corrected chi connectivity index (χ0v) is 11.4. The van der Waals surface area contributed by atoms with Gasteiger partial charge in [-0.15, -0.1) is 0 Å². The number of benzene rings is 1. The van der Waals surface area contributed by atoms with Gasteiger partial charge in [-0.1, -0.05) is 12.1 Å². The number of nitrogens with two attached hydrogens (primary N) is 1. The Morgan fingerprint density at radius 1 is 1.50 bits per heavy atom. The average Bonchev–Trinajstić information content (AvgIpc) is 2.81. The van der Waals surface area contributed by atoms with E-state index in [2.05, 4.69) is 26.1 Å². The molecular formula is C12H13BrFN3O. The number of rotatable bonds is 4. The summed E-state index contributed by atoms with van der Waals surface area (Å²) in [6, 6.07) is 4.59. The first-order valence-corrected chi connectivity index (χ1v) is 6.37. The lowest BCUT2D eigenvalue weighted by atomic mass is 10.1. The molecule has 0 bridgehead atoms. The van der Waals surface area contributed by atoms with E-state index >= 15 is 0 Å². The van der Waals surface area contributed by atoms with Crippen LogP contribution in [0.4, 0.5) is 4.39 Å². The van der Waals surface area contributed by atoms with Crippen molar-refractivity contribution in [1.29, 1.82) is 0 Å². The van der Waals surface area contributed by atoms with E-state index in [0.717, 1.165) is 0 Å². The van der Waals surface area contributed by atoms with Crippen molar-refractivity contribution in [2.45, 2.75) is 13.3 Å². The monoisotopic (exact) mass is 313 g/mol. The Kier molecular flexibility index (Phi) is 4.08. The molecule has 0 fully saturated rings. The third-order valence-electron chi connectivity index (χ3n) is 2.57. The number of hydrogen-bond acceptors (Lipinski definition) is 4. The van der Waals surface area contributed by atoms with Crippen molar-refractivity contribution in [3.05, 3.63) is 34.4 Å². The van der Waals surface area contributed by atoms with E-state index in [9.17, 15) is 4.39 Å². The van der Waals surface area contributed by atoms with Crippen molar-refractivity contribution < 1.29 is 8.91 Å². The molecule has 0 saturated heterocycles. The van der Waals surface area contributed by atoms with Gasteiger partial charge in [0.1, 0.15) is 5.82 Å². The van der Waals surface area contributed by atoms with Crippen molar-refractivity contribution in [1.82, 2.24) is 10.1 Å². The molecule has 4 nitrogen and oxygen atoms in total. The molecule has 96 valence electrons. The van der Waals surface area contributed by atoms with Gasteiger partial charge in [0, 0.05) is 12.0 Å². The van der Waals surface area contributed by atoms with E-state index in [1.807, 2.05) is 6.92 Å². The van der Waals surface area contributed by atoms with E-state index in [0.29, 0.717) is 40.6 Å². The van der Waals surface area contributed by atoms with Gasteiger partial charge in [-0.25, -0.2) is 4.39 Å². The summed E-state index contributed by atoms with van der Waals surface area (Å²) in [6.45, 7) is 2.58. The minimum Gasteiger partial charge on any atom is -0.339 e. The minimum absolute atomic E-state index is 0.290. The summed E-state index contributed by atoms with van der Waals surface area (Å²) in [5, 5.41) is 3.87. The molecule has 1 unspecified atom stereocenters. The van der Waals surface area contributed by atoms with Gasteiger partial charge in [0.2, 0.25) is 11.7 Å². The highest BCUT2D eigenvalue weighted by Gasteiger charge is 2.12. The van der Waals surface area contributed by atoms with Gasteiger partial charge in [0.05, 0.1) is 4.47 Å². The Morgan fingerprint density at radius 3 is 2.94 bits per heavy atom. The second-order valence-corrected chi connectivity index (χ2v) is 5.04. The number of halogens is 2. The van der Waals surface area contributed by atoms with Crippen LogP contribution < -0.4 is 5.73 Å². The molecule has 6 heteroatoms. The van der Waals surface area contributed by atoms with Crippen LogP contribution in [0.2, 0.25) is 0 Å². The van der Waals surface area contributed by atoms with Crippen molar-refractivity contribution >= 4 is 15.9 Å². The number of nitrogens with zero attached hydrogens (tertiary/aromatic N) is 2. The van der Waals surface area contributed by atoms with Gasteiger partial charge in [-0.05, 0) is 46.6 Å². The highest BCUT2D eigenvalue weighted by Crippen LogP contribution is 2.23. The number of aromatic nitrogens is 2. The summed E-state index contributed by atoms with van der Waals surface area (Å²) in [5.41, 5.74) is 6.24. The highest BCUT2D eigenvalue weighted by atomic mass is 79.9. The van der Waals surface area contributed by atoms with E-state index in [1.165, 1.54) is 6.07 Å². The second kappa shape index (κ2) is 5.58. The maximum atomic E-state index is 13.1. The first-order valence-electron chi connectivity index (χ1n) is 5.58. The van der Waals surface area contributed by atoms with Gasteiger partial charge >= 0.3 is 0 Å². The predicted molar refractivity (Wildman–Crippen MR) is 69.3 cm³/mol. The molecule has 1 aromatic carbocycles. The average molecular weight is 314 g/mol. The SMILES string of the molecule is CC(CN)Cc1nc(-c2ccc(F)c(Br)c2)no1. The summed E-state index contributed by atoms with van der Waals surface area (Å²) >= 11 is 3.12. The van der Waals surface area contributed by atoms with Gasteiger partial charge in [-0.2, -0.15) is 4.98 Å².